The van der Waals surface area contributed by atoms with E-state index in [1.807, 2.05) is 0 Å². The first kappa shape index (κ1) is 36.1. The number of quaternary nitrogens is 2. The highest BCUT2D eigenvalue weighted by molar-refractivity contribution is 5.65. The Bertz CT molecular complexity index is 406. The Balaban J connectivity index is -0.000000746. The molecule has 33 heavy (non-hydrogen) atoms. The fourth-order valence-corrected chi connectivity index (χ4v) is 2.97. The van der Waals surface area contributed by atoms with Gasteiger partial charge in [-0.1, -0.05) is 70.4 Å². The maximum atomic E-state index is 9.01. The van der Waals surface area contributed by atoms with Gasteiger partial charge in [0, 0.05) is 6.42 Å². The van der Waals surface area contributed by atoms with Crippen LogP contribution in [-0.2, 0) is 9.59 Å². The zero-order valence-corrected chi connectivity index (χ0v) is 21.1. The molecule has 0 radical (unpaired) electrons. The highest BCUT2D eigenvalue weighted by Crippen LogP contribution is 2.09. The van der Waals surface area contributed by atoms with Crippen molar-refractivity contribution in [3.05, 3.63) is 12.2 Å². The molecule has 7 N–H and O–H groups in total. The van der Waals surface area contributed by atoms with Gasteiger partial charge in [-0.3, -0.25) is 0 Å². The third kappa shape index (κ3) is 48.9. The Morgan fingerprint density at radius 2 is 1.06 bits per heavy atom. The molecular weight excluding hydrogens is 424 g/mol. The number of carboxylic acid groups (broad SMARTS) is 2. The normalized spacial score (nSPS) is 10.3. The van der Waals surface area contributed by atoms with Gasteiger partial charge in [0.1, 0.15) is 0 Å². The van der Waals surface area contributed by atoms with Crippen LogP contribution in [0, 0.1) is 0 Å². The molecule has 0 fully saturated rings. The summed E-state index contributed by atoms with van der Waals surface area (Å²) in [5.74, 6) is -2.88. The number of rotatable bonds is 21. The van der Waals surface area contributed by atoms with Gasteiger partial charge < -0.3 is 41.1 Å². The van der Waals surface area contributed by atoms with Crippen LogP contribution in [0.5, 0.6) is 0 Å². The number of carboxylic acids is 2. The maximum Gasteiger partial charge on any atom is 0.0826 e. The number of carbonyl (C=O) groups is 2. The van der Waals surface area contributed by atoms with Gasteiger partial charge in [-0.15, -0.1) is 0 Å². The van der Waals surface area contributed by atoms with E-state index in [1.54, 1.807) is 0 Å². The fourth-order valence-electron chi connectivity index (χ4n) is 2.97. The molecule has 198 valence electrons. The van der Waals surface area contributed by atoms with Crippen molar-refractivity contribution in [3.63, 3.8) is 0 Å². The van der Waals surface area contributed by atoms with Gasteiger partial charge >= 0.3 is 0 Å². The lowest BCUT2D eigenvalue weighted by Gasteiger charge is -2.01. The van der Waals surface area contributed by atoms with Crippen molar-refractivity contribution in [1.82, 2.24) is 0 Å². The third-order valence-electron chi connectivity index (χ3n) is 4.84. The molecule has 0 bridgehead atoms. The van der Waals surface area contributed by atoms with E-state index in [0.29, 0.717) is 0 Å². The Labute approximate surface area is 201 Å². The summed E-state index contributed by atoms with van der Waals surface area (Å²) in [6.07, 6.45) is 25.7. The second-order valence-corrected chi connectivity index (χ2v) is 8.07. The molecule has 0 aliphatic heterocycles. The molecule has 0 heterocycles. The van der Waals surface area contributed by atoms with Gasteiger partial charge in [-0.05, 0) is 38.5 Å². The average molecular weight is 477 g/mol. The number of aliphatic carboxylic acids is 2. The first-order valence-corrected chi connectivity index (χ1v) is 12.8. The summed E-state index contributed by atoms with van der Waals surface area (Å²) >= 11 is 0. The number of carbonyl (C=O) groups excluding carboxylic acids is 2. The lowest BCUT2D eigenvalue weighted by atomic mass is 10.1. The second-order valence-electron chi connectivity index (χ2n) is 8.07. The number of nitrogens with two attached hydrogens (primary N) is 1. The lowest BCUT2D eigenvalue weighted by Crippen LogP contribution is -2.84. The van der Waals surface area contributed by atoms with Crippen molar-refractivity contribution in [2.45, 2.75) is 103 Å². The molecule has 0 saturated heterocycles. The van der Waals surface area contributed by atoms with Crippen LogP contribution in [-0.4, -0.2) is 55.0 Å². The minimum atomic E-state index is -1.44. The van der Waals surface area contributed by atoms with Crippen molar-refractivity contribution < 1.29 is 41.1 Å². The molecule has 0 spiro atoms. The first-order valence-electron chi connectivity index (χ1n) is 12.8. The summed E-state index contributed by atoms with van der Waals surface area (Å²) in [5.41, 5.74) is 3.88. The van der Waals surface area contributed by atoms with E-state index in [0.717, 1.165) is 6.54 Å². The van der Waals surface area contributed by atoms with Crippen LogP contribution >= 0.6 is 0 Å². The largest absolute Gasteiger partial charge is 0.548 e. The minimum Gasteiger partial charge on any atom is -0.548 e. The fraction of sp³-hybridized carbons (Fsp3) is 0.840. The maximum absolute atomic E-state index is 9.01. The number of aliphatic hydroxyl groups excluding tert-OH is 2. The molecule has 0 atom stereocenters. The number of hydrogen-bond donors (Lipinski definition) is 4. The van der Waals surface area contributed by atoms with Gasteiger partial charge in [-0.2, -0.15) is 0 Å². The Hall–Kier alpha value is -1.48. The van der Waals surface area contributed by atoms with Crippen LogP contribution < -0.4 is 21.3 Å². The number of hydrogen-bond acceptors (Lipinski definition) is 6. The molecule has 0 aliphatic rings. The number of aliphatic hydroxyl groups is 2. The highest BCUT2D eigenvalue weighted by atomic mass is 16.4. The van der Waals surface area contributed by atoms with Gasteiger partial charge in [0.15, 0.2) is 0 Å². The Kier molecular flexibility index (Phi) is 38.4. The van der Waals surface area contributed by atoms with Crippen LogP contribution in [0.1, 0.15) is 103 Å². The van der Waals surface area contributed by atoms with Crippen LogP contribution in [0.3, 0.4) is 0 Å². The standard InChI is InChI=1S/C21H44N2.2C2H4O3/c1-2-3-4-5-6-7-8-9-10-11-12-13-14-15-16-17-20-23-21-18-19-22;2*3-1-2(4)5/h9-10,23H,2-8,11-22H2,1H3;2*3H,1H2,(H,4,5)/b10-9-;;. The predicted molar refractivity (Wildman–Crippen MR) is 128 cm³/mol. The van der Waals surface area contributed by atoms with Gasteiger partial charge in [0.05, 0.1) is 44.8 Å². The predicted octanol–water partition coefficient (Wildman–Crippen LogP) is -0.323. The molecule has 0 amide bonds. The Morgan fingerprint density at radius 1 is 0.697 bits per heavy atom. The molecule has 0 aromatic heterocycles. The van der Waals surface area contributed by atoms with Crippen molar-refractivity contribution in [3.8, 4) is 0 Å². The van der Waals surface area contributed by atoms with E-state index in [9.17, 15) is 0 Å². The van der Waals surface area contributed by atoms with E-state index in [1.165, 1.54) is 109 Å². The van der Waals surface area contributed by atoms with Crippen molar-refractivity contribution in [2.24, 2.45) is 0 Å². The molecule has 0 aromatic rings. The number of allylic oxidation sites excluding steroid dienone is 2. The second kappa shape index (κ2) is 35.1. The summed E-state index contributed by atoms with van der Waals surface area (Å²) in [4.78, 5) is 18.0. The van der Waals surface area contributed by atoms with Gasteiger partial charge in [0.25, 0.3) is 0 Å². The van der Waals surface area contributed by atoms with E-state index < -0.39 is 25.2 Å². The van der Waals surface area contributed by atoms with Gasteiger partial charge in [0.2, 0.25) is 0 Å². The lowest BCUT2D eigenvalue weighted by molar-refractivity contribution is -0.657. The summed E-state index contributed by atoms with van der Waals surface area (Å²) < 4.78 is 0. The molecule has 0 saturated carbocycles. The third-order valence-corrected chi connectivity index (χ3v) is 4.84. The molecule has 8 nitrogen and oxygen atoms in total. The zero-order valence-electron chi connectivity index (χ0n) is 21.1. The summed E-state index contributed by atoms with van der Waals surface area (Å²) in [7, 11) is 0. The van der Waals surface area contributed by atoms with Crippen molar-refractivity contribution >= 4 is 11.9 Å². The number of unbranched alkanes of at least 4 members (excludes halogenated alkanes) is 12. The monoisotopic (exact) mass is 476 g/mol. The Morgan fingerprint density at radius 3 is 1.45 bits per heavy atom. The molecule has 8 heteroatoms. The van der Waals surface area contributed by atoms with Crippen LogP contribution in [0.4, 0.5) is 0 Å². The average Bonchev–Trinajstić information content (AvgIpc) is 2.81. The summed E-state index contributed by atoms with van der Waals surface area (Å²) in [6, 6.07) is 0. The van der Waals surface area contributed by atoms with Gasteiger partial charge in [-0.25, -0.2) is 0 Å². The van der Waals surface area contributed by atoms with E-state index in [2.05, 4.69) is 30.1 Å². The molecule has 0 aromatic carbocycles. The van der Waals surface area contributed by atoms with Crippen LogP contribution in [0.25, 0.3) is 0 Å². The molecular formula is C25H52N2O6. The zero-order chi connectivity index (χ0) is 25.4. The molecule has 0 rings (SSSR count). The SMILES string of the molecule is CCCCCCCC/C=C\CCCCCCCC[NH2+]CCC[NH3+].O=C([O-])CO.O=C([O-])CO. The van der Waals surface area contributed by atoms with Crippen molar-refractivity contribution in [2.75, 3.05) is 32.8 Å². The summed E-state index contributed by atoms with van der Waals surface area (Å²) in [6.45, 7) is 4.19. The minimum absolute atomic E-state index is 0.889. The highest BCUT2D eigenvalue weighted by Gasteiger charge is 1.94. The van der Waals surface area contributed by atoms with Crippen LogP contribution in [0.15, 0.2) is 12.2 Å². The van der Waals surface area contributed by atoms with E-state index in [-0.39, 0.29) is 0 Å². The van der Waals surface area contributed by atoms with E-state index >= 15 is 0 Å². The van der Waals surface area contributed by atoms with Crippen LogP contribution in [0.2, 0.25) is 0 Å². The smallest absolute Gasteiger partial charge is 0.0826 e. The summed E-state index contributed by atoms with van der Waals surface area (Å²) in [5, 5.41) is 35.4. The van der Waals surface area contributed by atoms with E-state index in [4.69, 9.17) is 30.0 Å². The molecule has 0 aliphatic carbocycles. The molecule has 0 unspecified atom stereocenters. The first-order chi connectivity index (χ1) is 16.0. The quantitative estimate of drug-likeness (QED) is 0.131. The topological polar surface area (TPSA) is 165 Å². The van der Waals surface area contributed by atoms with Crippen molar-refractivity contribution in [1.29, 1.82) is 0 Å².